The minimum atomic E-state index is -4.35. The predicted octanol–water partition coefficient (Wildman–Crippen LogP) is 8.13. The van der Waals surface area contributed by atoms with Crippen LogP contribution in [0, 0.1) is 5.82 Å². The molecule has 4 aromatic rings. The van der Waals surface area contributed by atoms with Crippen molar-refractivity contribution in [3.63, 3.8) is 0 Å². The average Bonchev–Trinajstić information content (AvgIpc) is 2.86. The zero-order valence-electron chi connectivity index (χ0n) is 19.2. The van der Waals surface area contributed by atoms with E-state index >= 15 is 4.39 Å². The van der Waals surface area contributed by atoms with Crippen LogP contribution in [0.15, 0.2) is 91.5 Å². The van der Waals surface area contributed by atoms with Gasteiger partial charge in [0.25, 0.3) is 0 Å². The van der Waals surface area contributed by atoms with E-state index in [1.165, 1.54) is 17.7 Å². The number of hydrogen-bond acceptors (Lipinski definition) is 1. The van der Waals surface area contributed by atoms with Gasteiger partial charge in [-0.05, 0) is 77.6 Å². The standard InChI is InChI=1S/C30H26F4O/c1-2-19-35-27-16-8-21(9-17-27)3-4-23-10-18-28-25(20-23)13-12-24(29(28)31)11-5-22-6-14-26(15-7-22)30(32,33)34/h2,6-10,12-18,20H,1,3-5,11,19H2. The first kappa shape index (κ1) is 24.5. The van der Waals surface area contributed by atoms with Crippen molar-refractivity contribution < 1.29 is 22.3 Å². The lowest BCUT2D eigenvalue weighted by molar-refractivity contribution is -0.137. The van der Waals surface area contributed by atoms with Gasteiger partial charge in [0, 0.05) is 5.39 Å². The van der Waals surface area contributed by atoms with Gasteiger partial charge in [-0.1, -0.05) is 67.3 Å². The molecule has 35 heavy (non-hydrogen) atoms. The summed E-state index contributed by atoms with van der Waals surface area (Å²) in [7, 11) is 0. The lowest BCUT2D eigenvalue weighted by atomic mass is 9.97. The molecule has 180 valence electrons. The first-order chi connectivity index (χ1) is 16.8. The van der Waals surface area contributed by atoms with E-state index in [-0.39, 0.29) is 5.82 Å². The number of hydrogen-bond donors (Lipinski definition) is 0. The maximum atomic E-state index is 15.1. The first-order valence-corrected chi connectivity index (χ1v) is 11.5. The Labute approximate surface area is 202 Å². The van der Waals surface area contributed by atoms with Crippen molar-refractivity contribution in [1.29, 1.82) is 0 Å². The highest BCUT2D eigenvalue weighted by molar-refractivity contribution is 5.84. The first-order valence-electron chi connectivity index (χ1n) is 11.5. The summed E-state index contributed by atoms with van der Waals surface area (Å²) in [5, 5.41) is 1.40. The lowest BCUT2D eigenvalue weighted by Gasteiger charge is -2.10. The number of fused-ring (bicyclic) bond motifs is 1. The van der Waals surface area contributed by atoms with Gasteiger partial charge in [-0.2, -0.15) is 13.2 Å². The molecule has 0 aromatic heterocycles. The largest absolute Gasteiger partial charge is 0.490 e. The molecule has 5 heteroatoms. The Morgan fingerprint density at radius 2 is 1.31 bits per heavy atom. The van der Waals surface area contributed by atoms with Gasteiger partial charge in [-0.15, -0.1) is 0 Å². The molecule has 0 aliphatic rings. The van der Waals surface area contributed by atoms with Gasteiger partial charge in [0.15, 0.2) is 0 Å². The van der Waals surface area contributed by atoms with E-state index < -0.39 is 11.7 Å². The molecule has 0 N–H and O–H groups in total. The number of halogens is 4. The number of rotatable bonds is 9. The summed E-state index contributed by atoms with van der Waals surface area (Å²) in [5.74, 6) is 0.542. The molecule has 0 saturated heterocycles. The van der Waals surface area contributed by atoms with Crippen LogP contribution in [0.1, 0.15) is 27.8 Å². The summed E-state index contributed by atoms with van der Waals surface area (Å²) >= 11 is 0. The van der Waals surface area contributed by atoms with E-state index in [4.69, 9.17) is 4.74 Å². The molecule has 0 radical (unpaired) electrons. The Balaban J connectivity index is 1.39. The van der Waals surface area contributed by atoms with Crippen molar-refractivity contribution in [3.05, 3.63) is 125 Å². The molecule has 1 nitrogen and oxygen atoms in total. The van der Waals surface area contributed by atoms with E-state index in [1.54, 1.807) is 12.1 Å². The van der Waals surface area contributed by atoms with Gasteiger partial charge >= 0.3 is 6.18 Å². The highest BCUT2D eigenvalue weighted by Crippen LogP contribution is 2.29. The Bertz CT molecular complexity index is 1290. The van der Waals surface area contributed by atoms with Crippen LogP contribution < -0.4 is 4.74 Å². The molecule has 0 saturated carbocycles. The fraction of sp³-hybridized carbons (Fsp3) is 0.200. The second kappa shape index (κ2) is 10.8. The summed E-state index contributed by atoms with van der Waals surface area (Å²) in [6, 6.07) is 22.5. The van der Waals surface area contributed by atoms with E-state index in [1.807, 2.05) is 48.5 Å². The summed E-state index contributed by atoms with van der Waals surface area (Å²) in [5.41, 5.74) is 2.95. The van der Waals surface area contributed by atoms with Crippen LogP contribution in [0.2, 0.25) is 0 Å². The van der Waals surface area contributed by atoms with Gasteiger partial charge < -0.3 is 4.74 Å². The Kier molecular flexibility index (Phi) is 7.54. The van der Waals surface area contributed by atoms with Crippen LogP contribution in [0.5, 0.6) is 5.75 Å². The van der Waals surface area contributed by atoms with Gasteiger partial charge in [0.1, 0.15) is 18.2 Å². The molecule has 0 atom stereocenters. The third-order valence-corrected chi connectivity index (χ3v) is 6.06. The fourth-order valence-electron chi connectivity index (χ4n) is 4.07. The van der Waals surface area contributed by atoms with Crippen molar-refractivity contribution in [2.75, 3.05) is 6.61 Å². The molecule has 0 spiro atoms. The fourth-order valence-corrected chi connectivity index (χ4v) is 4.07. The van der Waals surface area contributed by atoms with E-state index in [0.717, 1.165) is 47.2 Å². The maximum absolute atomic E-state index is 15.1. The quantitative estimate of drug-likeness (QED) is 0.174. The Morgan fingerprint density at radius 1 is 0.714 bits per heavy atom. The van der Waals surface area contributed by atoms with Gasteiger partial charge in [-0.3, -0.25) is 0 Å². The van der Waals surface area contributed by atoms with Gasteiger partial charge in [-0.25, -0.2) is 4.39 Å². The zero-order chi connectivity index (χ0) is 24.8. The second-order valence-electron chi connectivity index (χ2n) is 8.53. The van der Waals surface area contributed by atoms with Crippen molar-refractivity contribution in [3.8, 4) is 5.75 Å². The van der Waals surface area contributed by atoms with Crippen LogP contribution in [0.4, 0.5) is 17.6 Å². The monoisotopic (exact) mass is 478 g/mol. The van der Waals surface area contributed by atoms with Crippen LogP contribution in [0.3, 0.4) is 0 Å². The average molecular weight is 479 g/mol. The Morgan fingerprint density at radius 3 is 1.97 bits per heavy atom. The molecule has 4 rings (SSSR count). The zero-order valence-corrected chi connectivity index (χ0v) is 19.2. The molecule has 0 fully saturated rings. The van der Waals surface area contributed by atoms with Gasteiger partial charge in [0.2, 0.25) is 0 Å². The van der Waals surface area contributed by atoms with E-state index in [9.17, 15) is 13.2 Å². The topological polar surface area (TPSA) is 9.23 Å². The smallest absolute Gasteiger partial charge is 0.416 e. The van der Waals surface area contributed by atoms with Crippen LogP contribution in [-0.2, 0) is 31.9 Å². The molecule has 0 aliphatic heterocycles. The molecule has 4 aromatic carbocycles. The summed E-state index contributed by atoms with van der Waals surface area (Å²) in [6.45, 7) is 4.12. The van der Waals surface area contributed by atoms with E-state index in [0.29, 0.717) is 30.4 Å². The highest BCUT2D eigenvalue weighted by Gasteiger charge is 2.29. The normalized spacial score (nSPS) is 11.5. The third kappa shape index (κ3) is 6.30. The van der Waals surface area contributed by atoms with Crippen molar-refractivity contribution in [1.82, 2.24) is 0 Å². The molecule has 0 amide bonds. The van der Waals surface area contributed by atoms with Gasteiger partial charge in [0.05, 0.1) is 5.56 Å². The predicted molar refractivity (Wildman–Crippen MR) is 132 cm³/mol. The van der Waals surface area contributed by atoms with Crippen LogP contribution >= 0.6 is 0 Å². The molecular formula is C30H26F4O. The molecular weight excluding hydrogens is 452 g/mol. The van der Waals surface area contributed by atoms with Crippen molar-refractivity contribution >= 4 is 10.8 Å². The SMILES string of the molecule is C=CCOc1ccc(CCc2ccc3c(F)c(CCc4ccc(C(F)(F)F)cc4)ccc3c2)cc1. The van der Waals surface area contributed by atoms with E-state index in [2.05, 4.69) is 6.58 Å². The number of ether oxygens (including phenoxy) is 1. The maximum Gasteiger partial charge on any atom is 0.416 e. The lowest BCUT2D eigenvalue weighted by Crippen LogP contribution is -2.04. The van der Waals surface area contributed by atoms with Crippen molar-refractivity contribution in [2.45, 2.75) is 31.9 Å². The second-order valence-corrected chi connectivity index (χ2v) is 8.53. The Hall–Kier alpha value is -3.60. The number of benzene rings is 4. The van der Waals surface area contributed by atoms with Crippen molar-refractivity contribution in [2.24, 2.45) is 0 Å². The minimum Gasteiger partial charge on any atom is -0.490 e. The molecule has 0 unspecified atom stereocenters. The third-order valence-electron chi connectivity index (χ3n) is 6.06. The molecule has 0 aliphatic carbocycles. The number of aryl methyl sites for hydroxylation is 4. The summed E-state index contributed by atoms with van der Waals surface area (Å²) < 4.78 is 58.8. The molecule has 0 heterocycles. The summed E-state index contributed by atoms with van der Waals surface area (Å²) in [6.07, 6.45) is -0.0655. The van der Waals surface area contributed by atoms with Crippen LogP contribution in [-0.4, -0.2) is 6.61 Å². The minimum absolute atomic E-state index is 0.268. The van der Waals surface area contributed by atoms with Crippen LogP contribution in [0.25, 0.3) is 10.8 Å². The number of alkyl halides is 3. The molecule has 0 bridgehead atoms. The highest BCUT2D eigenvalue weighted by atomic mass is 19.4. The summed E-state index contributed by atoms with van der Waals surface area (Å²) in [4.78, 5) is 0.